The van der Waals surface area contributed by atoms with E-state index in [1.165, 1.54) is 17.8 Å². The van der Waals surface area contributed by atoms with Gasteiger partial charge in [-0.2, -0.15) is 5.26 Å². The minimum Gasteiger partial charge on any atom is -0.504 e. The Morgan fingerprint density at radius 3 is 2.65 bits per heavy atom. The number of nitrogens with two attached hydrogens (primary N) is 1. The summed E-state index contributed by atoms with van der Waals surface area (Å²) in [5.41, 5.74) is 6.17. The third-order valence-corrected chi connectivity index (χ3v) is 4.69. The molecule has 0 atom stereocenters. The molecule has 7 heteroatoms. The lowest BCUT2D eigenvalue weighted by Crippen LogP contribution is -2.12. The van der Waals surface area contributed by atoms with E-state index in [0.717, 1.165) is 4.90 Å². The molecule has 0 aromatic heterocycles. The van der Waals surface area contributed by atoms with Gasteiger partial charge in [-0.05, 0) is 55.0 Å². The Balaban J connectivity index is 2.35. The van der Waals surface area contributed by atoms with E-state index in [0.29, 0.717) is 28.5 Å². The van der Waals surface area contributed by atoms with E-state index in [4.69, 9.17) is 27.3 Å². The Labute approximate surface area is 161 Å². The van der Waals surface area contributed by atoms with Crippen molar-refractivity contribution in [3.8, 4) is 17.6 Å². The fraction of sp³-hybridized carbons (Fsp3) is 0.158. The van der Waals surface area contributed by atoms with Gasteiger partial charge in [-0.25, -0.2) is 0 Å². The summed E-state index contributed by atoms with van der Waals surface area (Å²) in [5.74, 6) is -0.0263. The van der Waals surface area contributed by atoms with Gasteiger partial charge in [0.1, 0.15) is 11.6 Å². The lowest BCUT2D eigenvalue weighted by Gasteiger charge is -2.12. The third kappa shape index (κ3) is 5.19. The molecule has 0 saturated carbocycles. The van der Waals surface area contributed by atoms with Crippen LogP contribution in [0.5, 0.6) is 11.5 Å². The van der Waals surface area contributed by atoms with Crippen LogP contribution in [0.1, 0.15) is 18.1 Å². The molecule has 134 valence electrons. The molecule has 2 aromatic rings. The zero-order chi connectivity index (χ0) is 19.1. The Morgan fingerprint density at radius 1 is 1.38 bits per heavy atom. The van der Waals surface area contributed by atoms with E-state index < -0.39 is 5.91 Å². The van der Waals surface area contributed by atoms with Crippen molar-refractivity contribution in [1.82, 2.24) is 0 Å². The van der Waals surface area contributed by atoms with Crippen molar-refractivity contribution in [1.29, 1.82) is 5.26 Å². The SMILES string of the molecule is CCOc1cc(/C=C(\C#N)C(N)=O)cc(CSc2ccc(Cl)cc2)c1O. The fourth-order valence-electron chi connectivity index (χ4n) is 2.17. The number of halogens is 1. The molecule has 0 aliphatic heterocycles. The first-order valence-electron chi connectivity index (χ1n) is 7.73. The number of nitrogens with zero attached hydrogens (tertiary/aromatic N) is 1. The Bertz CT molecular complexity index is 874. The molecule has 2 rings (SSSR count). The molecule has 0 aliphatic rings. The van der Waals surface area contributed by atoms with Crippen LogP contribution in [0.15, 0.2) is 46.9 Å². The average Bonchev–Trinajstić information content (AvgIpc) is 2.62. The van der Waals surface area contributed by atoms with E-state index in [2.05, 4.69) is 0 Å². The number of benzene rings is 2. The fourth-order valence-corrected chi connectivity index (χ4v) is 3.16. The van der Waals surface area contributed by atoms with E-state index in [-0.39, 0.29) is 17.1 Å². The summed E-state index contributed by atoms with van der Waals surface area (Å²) in [6, 6.07) is 12.4. The zero-order valence-electron chi connectivity index (χ0n) is 14.0. The van der Waals surface area contributed by atoms with Gasteiger partial charge in [0.25, 0.3) is 5.91 Å². The van der Waals surface area contributed by atoms with Crippen LogP contribution in [0, 0.1) is 11.3 Å². The molecule has 26 heavy (non-hydrogen) atoms. The molecule has 0 heterocycles. The number of hydrogen-bond donors (Lipinski definition) is 2. The maximum atomic E-state index is 11.3. The first-order chi connectivity index (χ1) is 12.4. The Kier molecular flexibility index (Phi) is 6.96. The molecule has 0 radical (unpaired) electrons. The molecule has 0 aliphatic carbocycles. The van der Waals surface area contributed by atoms with Crippen LogP contribution in [0.4, 0.5) is 0 Å². The van der Waals surface area contributed by atoms with Crippen LogP contribution >= 0.6 is 23.4 Å². The number of phenolic OH excluding ortho intramolecular Hbond substituents is 1. The summed E-state index contributed by atoms with van der Waals surface area (Å²) >= 11 is 7.39. The van der Waals surface area contributed by atoms with Gasteiger partial charge in [-0.3, -0.25) is 4.79 Å². The highest BCUT2D eigenvalue weighted by atomic mass is 35.5. The van der Waals surface area contributed by atoms with Gasteiger partial charge in [0, 0.05) is 21.2 Å². The van der Waals surface area contributed by atoms with Crippen LogP contribution in [-0.2, 0) is 10.5 Å². The number of carbonyl (C=O) groups is 1. The first-order valence-corrected chi connectivity index (χ1v) is 9.09. The van der Waals surface area contributed by atoms with Crippen LogP contribution < -0.4 is 10.5 Å². The summed E-state index contributed by atoms with van der Waals surface area (Å²) < 4.78 is 5.46. The molecule has 0 unspecified atom stereocenters. The van der Waals surface area contributed by atoms with Crippen LogP contribution in [-0.4, -0.2) is 17.6 Å². The number of hydrogen-bond acceptors (Lipinski definition) is 5. The van der Waals surface area contributed by atoms with Crippen molar-refractivity contribution in [2.45, 2.75) is 17.6 Å². The topological polar surface area (TPSA) is 96.3 Å². The molecule has 2 aromatic carbocycles. The summed E-state index contributed by atoms with van der Waals surface area (Å²) in [6.45, 7) is 2.17. The van der Waals surface area contributed by atoms with E-state index >= 15 is 0 Å². The predicted molar refractivity (Wildman–Crippen MR) is 103 cm³/mol. The van der Waals surface area contributed by atoms with Gasteiger partial charge in [0.05, 0.1) is 6.61 Å². The zero-order valence-corrected chi connectivity index (χ0v) is 15.6. The number of nitriles is 1. The highest BCUT2D eigenvalue weighted by molar-refractivity contribution is 7.98. The van der Waals surface area contributed by atoms with E-state index in [9.17, 15) is 9.90 Å². The Hall–Kier alpha value is -2.62. The van der Waals surface area contributed by atoms with Crippen molar-refractivity contribution in [2.24, 2.45) is 5.73 Å². The van der Waals surface area contributed by atoms with Crippen molar-refractivity contribution in [3.63, 3.8) is 0 Å². The second-order valence-electron chi connectivity index (χ2n) is 5.24. The predicted octanol–water partition coefficient (Wildman–Crippen LogP) is 4.13. The molecule has 3 N–H and O–H groups in total. The van der Waals surface area contributed by atoms with E-state index in [1.54, 1.807) is 37.3 Å². The lowest BCUT2D eigenvalue weighted by molar-refractivity contribution is -0.114. The minimum atomic E-state index is -0.810. The first kappa shape index (κ1) is 19.7. The quantitative estimate of drug-likeness (QED) is 0.422. The molecule has 0 fully saturated rings. The van der Waals surface area contributed by atoms with Gasteiger partial charge in [-0.1, -0.05) is 11.6 Å². The maximum Gasteiger partial charge on any atom is 0.259 e. The van der Waals surface area contributed by atoms with Crippen molar-refractivity contribution in [2.75, 3.05) is 6.61 Å². The Morgan fingerprint density at radius 2 is 2.08 bits per heavy atom. The molecule has 0 saturated heterocycles. The van der Waals surface area contributed by atoms with Gasteiger partial charge in [0.2, 0.25) is 0 Å². The number of aromatic hydroxyl groups is 1. The average molecular weight is 389 g/mol. The second-order valence-corrected chi connectivity index (χ2v) is 6.72. The summed E-state index contributed by atoms with van der Waals surface area (Å²) in [4.78, 5) is 12.3. The number of thioether (sulfide) groups is 1. The molecule has 5 nitrogen and oxygen atoms in total. The standard InChI is InChI=1S/C19H17ClN2O3S/c1-2-25-17-9-12(7-13(10-21)19(22)24)8-14(18(17)23)11-26-16-5-3-15(20)4-6-16/h3-9,23H,2,11H2,1H3,(H2,22,24)/b13-7+. The van der Waals surface area contributed by atoms with Crippen molar-refractivity contribution >= 4 is 35.3 Å². The lowest BCUT2D eigenvalue weighted by atomic mass is 10.1. The summed E-state index contributed by atoms with van der Waals surface area (Å²) in [6.07, 6.45) is 1.38. The third-order valence-electron chi connectivity index (χ3n) is 3.38. The molecule has 0 bridgehead atoms. The van der Waals surface area contributed by atoms with Crippen LogP contribution in [0.25, 0.3) is 6.08 Å². The highest BCUT2D eigenvalue weighted by Crippen LogP contribution is 2.36. The minimum absolute atomic E-state index is 0.0306. The number of phenols is 1. The maximum absolute atomic E-state index is 11.3. The van der Waals surface area contributed by atoms with Gasteiger partial charge < -0.3 is 15.6 Å². The van der Waals surface area contributed by atoms with E-state index in [1.807, 2.05) is 12.1 Å². The number of rotatable bonds is 7. The summed E-state index contributed by atoms with van der Waals surface area (Å²) in [5, 5.41) is 20.1. The van der Waals surface area contributed by atoms with Crippen LogP contribution in [0.2, 0.25) is 5.02 Å². The van der Waals surface area contributed by atoms with Crippen molar-refractivity contribution < 1.29 is 14.6 Å². The number of ether oxygens (including phenoxy) is 1. The summed E-state index contributed by atoms with van der Waals surface area (Å²) in [7, 11) is 0. The molecular formula is C19H17ClN2O3S. The highest BCUT2D eigenvalue weighted by Gasteiger charge is 2.13. The number of primary amides is 1. The molecule has 1 amide bonds. The van der Waals surface area contributed by atoms with Crippen molar-refractivity contribution in [3.05, 3.63) is 58.1 Å². The normalized spacial score (nSPS) is 11.0. The molecular weight excluding hydrogens is 372 g/mol. The van der Waals surface area contributed by atoms with Gasteiger partial charge in [-0.15, -0.1) is 11.8 Å². The van der Waals surface area contributed by atoms with Crippen LogP contribution in [0.3, 0.4) is 0 Å². The largest absolute Gasteiger partial charge is 0.504 e. The van der Waals surface area contributed by atoms with Gasteiger partial charge in [0.15, 0.2) is 11.5 Å². The van der Waals surface area contributed by atoms with Gasteiger partial charge >= 0.3 is 0 Å². The number of carbonyl (C=O) groups excluding carboxylic acids is 1. The smallest absolute Gasteiger partial charge is 0.259 e. The second kappa shape index (κ2) is 9.18. The molecule has 0 spiro atoms. The number of amides is 1. The monoisotopic (exact) mass is 388 g/mol.